The molecule has 0 atom stereocenters. The molecule has 1 heterocycles. The third-order valence-electron chi connectivity index (χ3n) is 0.789. The molecular formula is C6H7N2. The number of nitrogens with zero attached hydrogens (tertiary/aromatic N) is 1. The van der Waals surface area contributed by atoms with Crippen LogP contribution in [-0.2, 0) is 0 Å². The predicted molar refractivity (Wildman–Crippen MR) is 32.1 cm³/mol. The van der Waals surface area contributed by atoms with Gasteiger partial charge in [-0.25, -0.2) is 5.84 Å². The van der Waals surface area contributed by atoms with Crippen molar-refractivity contribution >= 4 is 0 Å². The second-order valence-corrected chi connectivity index (χ2v) is 1.43. The minimum atomic E-state index is 1.38. The molecular weight excluding hydrogens is 100 g/mol. The highest BCUT2D eigenvalue weighted by Crippen LogP contribution is 1.88. The van der Waals surface area contributed by atoms with Gasteiger partial charge in [0.05, 0.1) is 6.20 Å². The summed E-state index contributed by atoms with van der Waals surface area (Å²) in [5.74, 6) is 5.30. The molecule has 0 aliphatic carbocycles. The first-order valence-electron chi connectivity index (χ1n) is 2.36. The number of allylic oxidation sites excluding steroid dienone is 4. The van der Waals surface area contributed by atoms with Crippen molar-refractivity contribution < 1.29 is 0 Å². The highest BCUT2D eigenvalue weighted by molar-refractivity contribution is 5.12. The average Bonchev–Trinajstić information content (AvgIpc) is 1.94. The molecule has 1 radical (unpaired) electrons. The van der Waals surface area contributed by atoms with Gasteiger partial charge in [-0.2, -0.15) is 0 Å². The lowest BCUT2D eigenvalue weighted by Gasteiger charge is -2.00. The molecule has 0 spiro atoms. The Kier molecular flexibility index (Phi) is 1.49. The van der Waals surface area contributed by atoms with E-state index >= 15 is 0 Å². The van der Waals surface area contributed by atoms with Gasteiger partial charge in [0.25, 0.3) is 0 Å². The number of rotatable bonds is 0. The minimum Gasteiger partial charge on any atom is -0.285 e. The number of hydrazine groups is 1. The lowest BCUT2D eigenvalue weighted by Crippen LogP contribution is -2.17. The van der Waals surface area contributed by atoms with Crippen molar-refractivity contribution in [2.45, 2.75) is 0 Å². The second-order valence-electron chi connectivity index (χ2n) is 1.43. The van der Waals surface area contributed by atoms with Crippen molar-refractivity contribution in [2.24, 2.45) is 5.84 Å². The van der Waals surface area contributed by atoms with Crippen molar-refractivity contribution in [3.8, 4) is 0 Å². The summed E-state index contributed by atoms with van der Waals surface area (Å²) < 4.78 is 0. The number of nitrogens with two attached hydrogens (primary N) is 1. The monoisotopic (exact) mass is 107 g/mol. The van der Waals surface area contributed by atoms with Crippen LogP contribution in [0.3, 0.4) is 0 Å². The average molecular weight is 107 g/mol. The molecule has 0 saturated heterocycles. The summed E-state index contributed by atoms with van der Waals surface area (Å²) in [4.78, 5) is 0. The lowest BCUT2D eigenvalue weighted by atomic mass is 10.5. The molecule has 0 saturated carbocycles. The Morgan fingerprint density at radius 1 is 1.25 bits per heavy atom. The first kappa shape index (κ1) is 5.12. The van der Waals surface area contributed by atoms with Crippen LogP contribution in [0.25, 0.3) is 0 Å². The van der Waals surface area contributed by atoms with E-state index in [9.17, 15) is 0 Å². The smallest absolute Gasteiger partial charge is 0.0819 e. The summed E-state index contributed by atoms with van der Waals surface area (Å²) in [6.45, 7) is 0. The standard InChI is InChI=1S/C6H7N2/c7-8-5-3-1-2-4-6-8/h1-5H,7H2. The molecule has 0 fully saturated rings. The van der Waals surface area contributed by atoms with Gasteiger partial charge in [-0.3, -0.25) is 5.01 Å². The summed E-state index contributed by atoms with van der Waals surface area (Å²) in [5.41, 5.74) is 0. The molecule has 0 bridgehead atoms. The fourth-order valence-electron chi connectivity index (χ4n) is 0.434. The van der Waals surface area contributed by atoms with E-state index in [0.717, 1.165) is 0 Å². The van der Waals surface area contributed by atoms with E-state index in [0.29, 0.717) is 0 Å². The van der Waals surface area contributed by atoms with Gasteiger partial charge in [-0.1, -0.05) is 12.2 Å². The van der Waals surface area contributed by atoms with Gasteiger partial charge < -0.3 is 0 Å². The summed E-state index contributed by atoms with van der Waals surface area (Å²) in [7, 11) is 0. The lowest BCUT2D eigenvalue weighted by molar-refractivity contribution is 0.518. The minimum absolute atomic E-state index is 1.38. The van der Waals surface area contributed by atoms with Crippen LogP contribution in [-0.4, -0.2) is 5.01 Å². The van der Waals surface area contributed by atoms with Crippen LogP contribution >= 0.6 is 0 Å². The van der Waals surface area contributed by atoms with Gasteiger partial charge in [0.15, 0.2) is 0 Å². The SMILES string of the molecule is NN1[C]=CC=CC=C1. The van der Waals surface area contributed by atoms with E-state index in [1.807, 2.05) is 18.2 Å². The zero-order chi connectivity index (χ0) is 5.82. The Hall–Kier alpha value is -1.02. The first-order chi connectivity index (χ1) is 3.89. The topological polar surface area (TPSA) is 29.3 Å². The second kappa shape index (κ2) is 2.33. The van der Waals surface area contributed by atoms with Crippen LogP contribution in [0.15, 0.2) is 30.5 Å². The van der Waals surface area contributed by atoms with Crippen LogP contribution in [0.2, 0.25) is 0 Å². The molecule has 1 rings (SSSR count). The van der Waals surface area contributed by atoms with E-state index in [1.165, 1.54) is 5.01 Å². The van der Waals surface area contributed by atoms with Crippen molar-refractivity contribution in [1.82, 2.24) is 5.01 Å². The molecule has 0 aromatic rings. The van der Waals surface area contributed by atoms with E-state index in [2.05, 4.69) is 6.20 Å². The molecule has 41 valence electrons. The summed E-state index contributed by atoms with van der Waals surface area (Å²) in [6.07, 6.45) is 11.8. The third-order valence-corrected chi connectivity index (χ3v) is 0.789. The van der Waals surface area contributed by atoms with Gasteiger partial charge in [0.2, 0.25) is 0 Å². The predicted octanol–water partition coefficient (Wildman–Crippen LogP) is 0.562. The van der Waals surface area contributed by atoms with E-state index in [1.54, 1.807) is 12.3 Å². The molecule has 1 aliphatic heterocycles. The fraction of sp³-hybridized carbons (Fsp3) is 0. The van der Waals surface area contributed by atoms with Crippen LogP contribution < -0.4 is 5.84 Å². The number of hydrogen-bond donors (Lipinski definition) is 1. The van der Waals surface area contributed by atoms with Crippen LogP contribution in [0, 0.1) is 6.20 Å². The summed E-state index contributed by atoms with van der Waals surface area (Å²) in [5, 5.41) is 1.38. The molecule has 1 aliphatic rings. The summed E-state index contributed by atoms with van der Waals surface area (Å²) in [6, 6.07) is 0. The molecule has 0 aromatic carbocycles. The Bertz CT molecular complexity index is 129. The van der Waals surface area contributed by atoms with E-state index in [4.69, 9.17) is 5.84 Å². The Balaban J connectivity index is 2.66. The molecule has 8 heavy (non-hydrogen) atoms. The van der Waals surface area contributed by atoms with Crippen LogP contribution in [0.5, 0.6) is 0 Å². The van der Waals surface area contributed by atoms with Gasteiger partial charge in [-0.05, 0) is 12.2 Å². The molecule has 0 unspecified atom stereocenters. The van der Waals surface area contributed by atoms with Gasteiger partial charge in [0, 0.05) is 6.20 Å². The van der Waals surface area contributed by atoms with Gasteiger partial charge in [0.1, 0.15) is 0 Å². The maximum atomic E-state index is 5.30. The van der Waals surface area contributed by atoms with E-state index in [-0.39, 0.29) is 0 Å². The van der Waals surface area contributed by atoms with Gasteiger partial charge >= 0.3 is 0 Å². The van der Waals surface area contributed by atoms with Gasteiger partial charge in [-0.15, -0.1) is 0 Å². The molecule has 0 amide bonds. The highest BCUT2D eigenvalue weighted by atomic mass is 15.4. The first-order valence-corrected chi connectivity index (χ1v) is 2.36. The van der Waals surface area contributed by atoms with Crippen LogP contribution in [0.4, 0.5) is 0 Å². The maximum absolute atomic E-state index is 5.30. The molecule has 2 N–H and O–H groups in total. The Labute approximate surface area is 48.6 Å². The largest absolute Gasteiger partial charge is 0.285 e. The zero-order valence-corrected chi connectivity index (χ0v) is 4.41. The quantitative estimate of drug-likeness (QED) is 0.458. The van der Waals surface area contributed by atoms with Crippen molar-refractivity contribution in [3.63, 3.8) is 0 Å². The van der Waals surface area contributed by atoms with Crippen LogP contribution in [0.1, 0.15) is 0 Å². The van der Waals surface area contributed by atoms with E-state index < -0.39 is 0 Å². The van der Waals surface area contributed by atoms with Crippen molar-refractivity contribution in [3.05, 3.63) is 36.7 Å². The highest BCUT2D eigenvalue weighted by Gasteiger charge is 1.81. The van der Waals surface area contributed by atoms with Crippen molar-refractivity contribution in [1.29, 1.82) is 0 Å². The normalized spacial score (nSPS) is 16.9. The third kappa shape index (κ3) is 1.24. The Morgan fingerprint density at radius 3 is 3.00 bits per heavy atom. The summed E-state index contributed by atoms with van der Waals surface area (Å²) >= 11 is 0. The number of hydrogen-bond acceptors (Lipinski definition) is 2. The maximum Gasteiger partial charge on any atom is 0.0819 e. The molecule has 2 nitrogen and oxygen atoms in total. The molecule has 0 aromatic heterocycles. The fourth-order valence-corrected chi connectivity index (χ4v) is 0.434. The Morgan fingerprint density at radius 2 is 2.12 bits per heavy atom. The molecule has 2 heteroatoms. The van der Waals surface area contributed by atoms with Crippen molar-refractivity contribution in [2.75, 3.05) is 0 Å². The zero-order valence-electron chi connectivity index (χ0n) is 4.41.